The summed E-state index contributed by atoms with van der Waals surface area (Å²) < 4.78 is 11.3. The van der Waals surface area contributed by atoms with Gasteiger partial charge in [0.2, 0.25) is 0 Å². The first kappa shape index (κ1) is 8.84. The lowest BCUT2D eigenvalue weighted by atomic mass is 10.8. The first-order chi connectivity index (χ1) is 4.31. The lowest BCUT2D eigenvalue weighted by Gasteiger charge is -1.98. The number of nitrogens with one attached hydrogen (secondary N) is 1. The highest BCUT2D eigenvalue weighted by atomic mass is 79.9. The van der Waals surface area contributed by atoms with Gasteiger partial charge in [-0.15, -0.1) is 0 Å². The van der Waals surface area contributed by atoms with Gasteiger partial charge >= 0.3 is 0 Å². The minimum absolute atomic E-state index is 0.0985. The van der Waals surface area contributed by atoms with E-state index in [1.165, 1.54) is 0 Å². The molecule has 0 aromatic carbocycles. The largest absolute Gasteiger partial charge is 0.272 e. The number of halogens is 2. The van der Waals surface area contributed by atoms with Crippen LogP contribution < -0.4 is 5.48 Å². The summed E-state index contributed by atoms with van der Waals surface area (Å²) in [6.45, 7) is -0.693. The molecule has 0 aromatic heterocycles. The molecule has 0 spiro atoms. The van der Waals surface area contributed by atoms with Gasteiger partial charge in [-0.2, -0.15) is 0 Å². The van der Waals surface area contributed by atoms with Crippen molar-refractivity contribution in [2.75, 3.05) is 18.6 Å². The summed E-state index contributed by atoms with van der Waals surface area (Å²) in [7, 11) is 0. The van der Waals surface area contributed by atoms with Crippen LogP contribution in [-0.2, 0) is 9.63 Å². The molecule has 0 aliphatic heterocycles. The molecule has 0 heterocycles. The van der Waals surface area contributed by atoms with Crippen molar-refractivity contribution in [3.8, 4) is 0 Å². The maximum Gasteiger partial charge on any atom is 0.254 e. The van der Waals surface area contributed by atoms with Crippen LogP contribution in [0.3, 0.4) is 0 Å². The summed E-state index contributed by atoms with van der Waals surface area (Å²) in [6, 6.07) is 0. The summed E-state index contributed by atoms with van der Waals surface area (Å²) >= 11 is 2.88. The molecule has 9 heavy (non-hydrogen) atoms. The molecular weight excluding hydrogens is 193 g/mol. The van der Waals surface area contributed by atoms with E-state index < -0.39 is 6.67 Å². The standard InChI is InChI=1S/C4H7BrFNO2/c5-3-4(8)7-9-2-1-6/h1-3H2,(H,7,8). The first-order valence-electron chi connectivity index (χ1n) is 2.33. The van der Waals surface area contributed by atoms with Gasteiger partial charge in [0.1, 0.15) is 13.3 Å². The van der Waals surface area contributed by atoms with E-state index in [-0.39, 0.29) is 17.8 Å². The van der Waals surface area contributed by atoms with Gasteiger partial charge < -0.3 is 0 Å². The van der Waals surface area contributed by atoms with Gasteiger partial charge in [0.15, 0.2) is 0 Å². The lowest BCUT2D eigenvalue weighted by molar-refractivity contribution is -0.130. The Balaban J connectivity index is 2.97. The van der Waals surface area contributed by atoms with Crippen molar-refractivity contribution in [2.24, 2.45) is 0 Å². The zero-order valence-electron chi connectivity index (χ0n) is 4.69. The molecule has 0 aliphatic rings. The molecule has 5 heteroatoms. The molecule has 0 unspecified atom stereocenters. The van der Waals surface area contributed by atoms with E-state index in [9.17, 15) is 9.18 Å². The van der Waals surface area contributed by atoms with Gasteiger partial charge in [0.25, 0.3) is 5.91 Å². The molecule has 0 aliphatic carbocycles. The van der Waals surface area contributed by atoms with Crippen LogP contribution in [0, 0.1) is 0 Å². The molecule has 54 valence electrons. The Morgan fingerprint density at radius 3 is 2.89 bits per heavy atom. The maximum absolute atomic E-state index is 11.3. The number of hydroxylamine groups is 1. The van der Waals surface area contributed by atoms with Crippen molar-refractivity contribution in [2.45, 2.75) is 0 Å². The van der Waals surface area contributed by atoms with Crippen LogP contribution in [0.25, 0.3) is 0 Å². The molecule has 0 rings (SSSR count). The fraction of sp³-hybridized carbons (Fsp3) is 0.750. The Morgan fingerprint density at radius 2 is 2.44 bits per heavy atom. The third-order valence-electron chi connectivity index (χ3n) is 0.487. The Labute approximate surface area is 60.6 Å². The molecule has 0 radical (unpaired) electrons. The average Bonchev–Trinajstić information content (AvgIpc) is 1.89. The molecule has 1 N–H and O–H groups in total. The normalized spacial score (nSPS) is 9.11. The number of carbonyl (C=O) groups is 1. The van der Waals surface area contributed by atoms with Crippen LogP contribution in [0.2, 0.25) is 0 Å². The topological polar surface area (TPSA) is 38.3 Å². The van der Waals surface area contributed by atoms with Gasteiger partial charge in [-0.05, 0) is 0 Å². The van der Waals surface area contributed by atoms with Crippen LogP contribution in [0.15, 0.2) is 0 Å². The molecule has 0 bridgehead atoms. The number of carbonyl (C=O) groups excluding carboxylic acids is 1. The lowest BCUT2D eigenvalue weighted by Crippen LogP contribution is -2.25. The Bertz CT molecular complexity index is 90.6. The van der Waals surface area contributed by atoms with E-state index in [0.717, 1.165) is 0 Å². The van der Waals surface area contributed by atoms with Crippen LogP contribution in [0.4, 0.5) is 4.39 Å². The number of hydrogen-bond donors (Lipinski definition) is 1. The molecule has 3 nitrogen and oxygen atoms in total. The molecular formula is C4H7BrFNO2. The zero-order valence-corrected chi connectivity index (χ0v) is 6.28. The van der Waals surface area contributed by atoms with E-state index in [4.69, 9.17) is 0 Å². The molecule has 0 saturated heterocycles. The van der Waals surface area contributed by atoms with Gasteiger partial charge in [-0.1, -0.05) is 15.9 Å². The summed E-state index contributed by atoms with van der Waals surface area (Å²) in [5, 5.41) is 0.166. The third kappa shape index (κ3) is 5.72. The second-order valence-electron chi connectivity index (χ2n) is 1.20. The predicted octanol–water partition coefficient (Wildman–Crippen LogP) is 0.399. The summed E-state index contributed by atoms with van der Waals surface area (Å²) in [4.78, 5) is 14.6. The van der Waals surface area contributed by atoms with Crippen LogP contribution in [-0.4, -0.2) is 24.5 Å². The highest BCUT2D eigenvalue weighted by Gasteiger charge is 1.94. The summed E-state index contributed by atoms with van der Waals surface area (Å²) in [5.41, 5.74) is 2.01. The van der Waals surface area contributed by atoms with Crippen molar-refractivity contribution in [3.63, 3.8) is 0 Å². The maximum atomic E-state index is 11.3. The number of hydrogen-bond acceptors (Lipinski definition) is 2. The van der Waals surface area contributed by atoms with E-state index in [2.05, 4.69) is 20.8 Å². The van der Waals surface area contributed by atoms with Crippen LogP contribution in [0.1, 0.15) is 0 Å². The smallest absolute Gasteiger partial charge is 0.254 e. The fourth-order valence-corrected chi connectivity index (χ4v) is 0.312. The van der Waals surface area contributed by atoms with Crippen molar-refractivity contribution in [1.82, 2.24) is 5.48 Å². The van der Waals surface area contributed by atoms with Crippen molar-refractivity contribution < 1.29 is 14.0 Å². The van der Waals surface area contributed by atoms with Crippen LogP contribution >= 0.6 is 15.9 Å². The molecule has 0 fully saturated rings. The van der Waals surface area contributed by atoms with E-state index in [1.54, 1.807) is 0 Å². The average molecular weight is 200 g/mol. The highest BCUT2D eigenvalue weighted by molar-refractivity contribution is 9.09. The zero-order chi connectivity index (χ0) is 7.11. The highest BCUT2D eigenvalue weighted by Crippen LogP contribution is 1.78. The molecule has 0 aromatic rings. The Hall–Kier alpha value is -0.160. The van der Waals surface area contributed by atoms with Crippen LogP contribution in [0.5, 0.6) is 0 Å². The molecule has 0 atom stereocenters. The summed E-state index contributed by atoms with van der Waals surface area (Å²) in [6.07, 6.45) is 0. The fourth-order valence-electron chi connectivity index (χ4n) is 0.197. The number of rotatable bonds is 4. The van der Waals surface area contributed by atoms with Gasteiger partial charge in [-0.25, -0.2) is 9.87 Å². The minimum Gasteiger partial charge on any atom is -0.272 e. The predicted molar refractivity (Wildman–Crippen MR) is 33.9 cm³/mol. The molecule has 1 amide bonds. The van der Waals surface area contributed by atoms with Gasteiger partial charge in [0, 0.05) is 0 Å². The van der Waals surface area contributed by atoms with Gasteiger partial charge in [0.05, 0.1) is 5.33 Å². The van der Waals surface area contributed by atoms with Gasteiger partial charge in [-0.3, -0.25) is 9.63 Å². The van der Waals surface area contributed by atoms with E-state index in [1.807, 2.05) is 5.48 Å². The third-order valence-corrected chi connectivity index (χ3v) is 0.996. The SMILES string of the molecule is O=C(CBr)NOCCF. The van der Waals surface area contributed by atoms with Crippen molar-refractivity contribution in [3.05, 3.63) is 0 Å². The number of amides is 1. The second kappa shape index (κ2) is 5.97. The van der Waals surface area contributed by atoms with Crippen molar-refractivity contribution in [1.29, 1.82) is 0 Å². The van der Waals surface area contributed by atoms with Crippen molar-refractivity contribution >= 4 is 21.8 Å². The molecule has 0 saturated carbocycles. The van der Waals surface area contributed by atoms with E-state index in [0.29, 0.717) is 0 Å². The number of alkyl halides is 2. The quantitative estimate of drug-likeness (QED) is 0.405. The Morgan fingerprint density at radius 1 is 1.78 bits per heavy atom. The van der Waals surface area contributed by atoms with E-state index >= 15 is 0 Å². The summed E-state index contributed by atoms with van der Waals surface area (Å²) in [5.74, 6) is -0.316. The second-order valence-corrected chi connectivity index (χ2v) is 1.76. The Kier molecular flexibility index (Phi) is 5.86. The minimum atomic E-state index is -0.595. The monoisotopic (exact) mass is 199 g/mol. The first-order valence-corrected chi connectivity index (χ1v) is 3.46.